The Kier molecular flexibility index (Phi) is 4.29. The molecule has 2 N–H and O–H groups in total. The van der Waals surface area contributed by atoms with E-state index in [-0.39, 0.29) is 12.4 Å². The standard InChI is InChI=1S/C15H13F2NOS/c1-9-7-10(15(18)20)5-6-11(9)8-19-13-4-2-3-12(16)14(13)17/h2-7H,8H2,1H3,(H2,18,20). The molecule has 104 valence electrons. The summed E-state index contributed by atoms with van der Waals surface area (Å²) in [5.41, 5.74) is 8.08. The van der Waals surface area contributed by atoms with Crippen molar-refractivity contribution < 1.29 is 13.5 Å². The Balaban J connectivity index is 2.15. The van der Waals surface area contributed by atoms with Crippen molar-refractivity contribution in [3.05, 3.63) is 64.7 Å². The third-order valence-electron chi connectivity index (χ3n) is 2.93. The van der Waals surface area contributed by atoms with Gasteiger partial charge in [-0.15, -0.1) is 0 Å². The smallest absolute Gasteiger partial charge is 0.200 e. The molecule has 2 nitrogen and oxygen atoms in total. The minimum absolute atomic E-state index is 0.108. The van der Waals surface area contributed by atoms with Crippen LogP contribution in [0.4, 0.5) is 8.78 Å². The molecule has 2 rings (SSSR count). The van der Waals surface area contributed by atoms with Gasteiger partial charge in [0.25, 0.3) is 0 Å². The first-order valence-electron chi connectivity index (χ1n) is 5.95. The molecule has 0 heterocycles. The zero-order valence-corrected chi connectivity index (χ0v) is 11.6. The second-order valence-corrected chi connectivity index (χ2v) is 4.79. The molecule has 0 aliphatic carbocycles. The molecule has 2 aromatic carbocycles. The average Bonchev–Trinajstić information content (AvgIpc) is 2.41. The van der Waals surface area contributed by atoms with Crippen LogP contribution in [0.2, 0.25) is 0 Å². The molecule has 0 spiro atoms. The zero-order chi connectivity index (χ0) is 14.7. The maximum atomic E-state index is 13.4. The molecular formula is C15H13F2NOS. The highest BCUT2D eigenvalue weighted by Gasteiger charge is 2.09. The number of aryl methyl sites for hydroxylation is 1. The summed E-state index contributed by atoms with van der Waals surface area (Å²) in [4.78, 5) is 0.316. The first-order valence-corrected chi connectivity index (χ1v) is 6.36. The summed E-state index contributed by atoms with van der Waals surface area (Å²) >= 11 is 4.89. The van der Waals surface area contributed by atoms with Crippen molar-refractivity contribution in [2.75, 3.05) is 0 Å². The first-order chi connectivity index (χ1) is 9.49. The van der Waals surface area contributed by atoms with Crippen LogP contribution in [0.5, 0.6) is 5.75 Å². The Bertz CT molecular complexity index is 658. The van der Waals surface area contributed by atoms with Gasteiger partial charge in [-0.25, -0.2) is 4.39 Å². The Hall–Kier alpha value is -2.01. The molecule has 0 radical (unpaired) electrons. The molecule has 0 atom stereocenters. The number of rotatable bonds is 4. The van der Waals surface area contributed by atoms with Gasteiger partial charge in [0, 0.05) is 5.56 Å². The molecule has 0 fully saturated rings. The molecule has 0 saturated carbocycles. The van der Waals surface area contributed by atoms with Crippen molar-refractivity contribution in [1.29, 1.82) is 0 Å². The van der Waals surface area contributed by atoms with Gasteiger partial charge in [0.2, 0.25) is 5.82 Å². The third kappa shape index (κ3) is 3.11. The molecule has 20 heavy (non-hydrogen) atoms. The van der Waals surface area contributed by atoms with Crippen LogP contribution >= 0.6 is 12.2 Å². The Morgan fingerprint density at radius 2 is 2.00 bits per heavy atom. The highest BCUT2D eigenvalue weighted by Crippen LogP contribution is 2.21. The van der Waals surface area contributed by atoms with E-state index in [1.807, 2.05) is 13.0 Å². The van der Waals surface area contributed by atoms with Crippen LogP contribution in [-0.2, 0) is 6.61 Å². The fourth-order valence-electron chi connectivity index (χ4n) is 1.76. The first kappa shape index (κ1) is 14.4. The average molecular weight is 293 g/mol. The minimum atomic E-state index is -0.982. The summed E-state index contributed by atoms with van der Waals surface area (Å²) < 4.78 is 31.8. The van der Waals surface area contributed by atoms with E-state index in [1.165, 1.54) is 12.1 Å². The number of thiocarbonyl (C=S) groups is 1. The van der Waals surface area contributed by atoms with Gasteiger partial charge in [0.1, 0.15) is 11.6 Å². The highest BCUT2D eigenvalue weighted by atomic mass is 32.1. The molecule has 0 amide bonds. The number of hydrogen-bond donors (Lipinski definition) is 1. The highest BCUT2D eigenvalue weighted by molar-refractivity contribution is 7.80. The van der Waals surface area contributed by atoms with E-state index in [1.54, 1.807) is 12.1 Å². The van der Waals surface area contributed by atoms with Gasteiger partial charge < -0.3 is 10.5 Å². The molecule has 0 unspecified atom stereocenters. The topological polar surface area (TPSA) is 35.2 Å². The van der Waals surface area contributed by atoms with Crippen LogP contribution in [0.15, 0.2) is 36.4 Å². The number of hydrogen-bond acceptors (Lipinski definition) is 2. The predicted octanol–water partition coefficient (Wildman–Crippen LogP) is 3.49. The van der Waals surface area contributed by atoms with E-state index in [9.17, 15) is 8.78 Å². The Morgan fingerprint density at radius 1 is 1.25 bits per heavy atom. The predicted molar refractivity (Wildman–Crippen MR) is 77.8 cm³/mol. The minimum Gasteiger partial charge on any atom is -0.486 e. The Labute approximate surface area is 121 Å². The SMILES string of the molecule is Cc1cc(C(N)=S)ccc1COc1cccc(F)c1F. The number of ether oxygens (including phenoxy) is 1. The second kappa shape index (κ2) is 5.96. The van der Waals surface area contributed by atoms with Crippen molar-refractivity contribution in [2.24, 2.45) is 5.73 Å². The number of benzene rings is 2. The van der Waals surface area contributed by atoms with Gasteiger partial charge in [-0.05, 0) is 36.2 Å². The van der Waals surface area contributed by atoms with Crippen LogP contribution in [-0.4, -0.2) is 4.99 Å². The molecule has 0 saturated heterocycles. The van der Waals surface area contributed by atoms with Crippen molar-refractivity contribution in [3.8, 4) is 5.75 Å². The van der Waals surface area contributed by atoms with E-state index in [4.69, 9.17) is 22.7 Å². The normalized spacial score (nSPS) is 10.3. The lowest BCUT2D eigenvalue weighted by Crippen LogP contribution is -2.10. The van der Waals surface area contributed by atoms with E-state index >= 15 is 0 Å². The molecule has 0 bridgehead atoms. The maximum absolute atomic E-state index is 13.4. The summed E-state index contributed by atoms with van der Waals surface area (Å²) in [5.74, 6) is -2.02. The lowest BCUT2D eigenvalue weighted by Gasteiger charge is -2.11. The maximum Gasteiger partial charge on any atom is 0.200 e. The van der Waals surface area contributed by atoms with Crippen LogP contribution in [0, 0.1) is 18.6 Å². The van der Waals surface area contributed by atoms with Crippen molar-refractivity contribution in [3.63, 3.8) is 0 Å². The van der Waals surface area contributed by atoms with Gasteiger partial charge in [0.05, 0.1) is 0 Å². The third-order valence-corrected chi connectivity index (χ3v) is 3.16. The van der Waals surface area contributed by atoms with Gasteiger partial charge >= 0.3 is 0 Å². The van der Waals surface area contributed by atoms with Crippen molar-refractivity contribution >= 4 is 17.2 Å². The van der Waals surface area contributed by atoms with Crippen LogP contribution in [0.1, 0.15) is 16.7 Å². The van der Waals surface area contributed by atoms with Crippen LogP contribution < -0.4 is 10.5 Å². The lowest BCUT2D eigenvalue weighted by molar-refractivity contribution is 0.284. The molecule has 5 heteroatoms. The summed E-state index contributed by atoms with van der Waals surface area (Å²) in [7, 11) is 0. The fraction of sp³-hybridized carbons (Fsp3) is 0.133. The van der Waals surface area contributed by atoms with Gasteiger partial charge in [-0.2, -0.15) is 4.39 Å². The fourth-order valence-corrected chi connectivity index (χ4v) is 1.89. The monoisotopic (exact) mass is 293 g/mol. The number of nitrogens with two attached hydrogens (primary N) is 1. The second-order valence-electron chi connectivity index (χ2n) is 4.35. The summed E-state index contributed by atoms with van der Waals surface area (Å²) in [6, 6.07) is 9.25. The van der Waals surface area contributed by atoms with Gasteiger partial charge in [-0.3, -0.25) is 0 Å². The van der Waals surface area contributed by atoms with E-state index in [2.05, 4.69) is 0 Å². The van der Waals surface area contributed by atoms with E-state index < -0.39 is 11.6 Å². The number of halogens is 2. The van der Waals surface area contributed by atoms with E-state index in [0.717, 1.165) is 22.8 Å². The summed E-state index contributed by atoms with van der Waals surface area (Å²) in [6.07, 6.45) is 0. The van der Waals surface area contributed by atoms with Crippen LogP contribution in [0.25, 0.3) is 0 Å². The van der Waals surface area contributed by atoms with Crippen LogP contribution in [0.3, 0.4) is 0 Å². The quantitative estimate of drug-likeness (QED) is 0.877. The summed E-state index contributed by atoms with van der Waals surface area (Å²) in [6.45, 7) is 2.02. The van der Waals surface area contributed by atoms with Gasteiger partial charge in [-0.1, -0.05) is 30.4 Å². The van der Waals surface area contributed by atoms with Gasteiger partial charge in [0.15, 0.2) is 11.6 Å². The summed E-state index contributed by atoms with van der Waals surface area (Å²) in [5, 5.41) is 0. The largest absolute Gasteiger partial charge is 0.486 e. The molecule has 0 aromatic heterocycles. The molecule has 0 aliphatic rings. The molecular weight excluding hydrogens is 280 g/mol. The zero-order valence-electron chi connectivity index (χ0n) is 10.8. The molecule has 2 aromatic rings. The Morgan fingerprint density at radius 3 is 2.65 bits per heavy atom. The van der Waals surface area contributed by atoms with Crippen molar-refractivity contribution in [2.45, 2.75) is 13.5 Å². The van der Waals surface area contributed by atoms with E-state index in [0.29, 0.717) is 4.99 Å². The lowest BCUT2D eigenvalue weighted by atomic mass is 10.1. The molecule has 0 aliphatic heterocycles. The van der Waals surface area contributed by atoms with Crippen molar-refractivity contribution in [1.82, 2.24) is 0 Å².